The molecule has 1 heteroatoms. The molecule has 16 heavy (non-hydrogen) atoms. The minimum atomic E-state index is 1.01. The predicted octanol–water partition coefficient (Wildman–Crippen LogP) is 4.64. The molecule has 0 fully saturated rings. The molecule has 0 bridgehead atoms. The standard InChI is InChI=1S/C13H15N.C2H6/c1-3-5-6-9-12(4-2)13-10-7-8-11-14-13;1-2/h3-11H,1-2H3;1-2H3/b5-3-,9-6-,12-4+;. The van der Waals surface area contributed by atoms with Crippen LogP contribution in [-0.2, 0) is 0 Å². The maximum atomic E-state index is 4.29. The molecule has 0 radical (unpaired) electrons. The smallest absolute Gasteiger partial charge is 0.0698 e. The Bertz CT molecular complexity index is 345. The van der Waals surface area contributed by atoms with Gasteiger partial charge in [0.15, 0.2) is 0 Å². The highest BCUT2D eigenvalue weighted by atomic mass is 14.7. The first-order chi connectivity index (χ1) is 7.88. The Morgan fingerprint density at radius 2 is 1.88 bits per heavy atom. The molecule has 0 spiro atoms. The molecule has 1 nitrogen and oxygen atoms in total. The fraction of sp³-hybridized carbons (Fsp3) is 0.267. The molecule has 86 valence electrons. The SMILES string of the molecule is CC.C\C=C/C=C\C(=C/C)c1ccccn1. The number of hydrogen-bond donors (Lipinski definition) is 0. The summed E-state index contributed by atoms with van der Waals surface area (Å²) in [6.07, 6.45) is 12.0. The average molecular weight is 215 g/mol. The Hall–Kier alpha value is -1.63. The number of hydrogen-bond acceptors (Lipinski definition) is 1. The molecule has 0 atom stereocenters. The Balaban J connectivity index is 0.00000106. The van der Waals surface area contributed by atoms with Crippen LogP contribution >= 0.6 is 0 Å². The van der Waals surface area contributed by atoms with Gasteiger partial charge < -0.3 is 0 Å². The third-order valence-corrected chi connectivity index (χ3v) is 1.85. The van der Waals surface area contributed by atoms with Crippen LogP contribution in [-0.4, -0.2) is 4.98 Å². The van der Waals surface area contributed by atoms with Gasteiger partial charge in [0, 0.05) is 6.20 Å². The van der Waals surface area contributed by atoms with Crippen molar-refractivity contribution in [1.82, 2.24) is 4.98 Å². The van der Waals surface area contributed by atoms with Crippen molar-refractivity contribution < 1.29 is 0 Å². The van der Waals surface area contributed by atoms with Crippen LogP contribution in [0, 0.1) is 0 Å². The van der Waals surface area contributed by atoms with Gasteiger partial charge in [0.25, 0.3) is 0 Å². The molecule has 0 saturated heterocycles. The Labute approximate surface area is 99.2 Å². The third kappa shape index (κ3) is 5.30. The molecule has 0 N–H and O–H groups in total. The number of nitrogens with zero attached hydrogens (tertiary/aromatic N) is 1. The van der Waals surface area contributed by atoms with Crippen molar-refractivity contribution in [2.45, 2.75) is 27.7 Å². The first-order valence-corrected chi connectivity index (χ1v) is 5.75. The summed E-state index contributed by atoms with van der Waals surface area (Å²) in [6, 6.07) is 5.93. The summed E-state index contributed by atoms with van der Waals surface area (Å²) in [4.78, 5) is 4.29. The van der Waals surface area contributed by atoms with Gasteiger partial charge in [0.2, 0.25) is 0 Å². The van der Waals surface area contributed by atoms with Gasteiger partial charge in [-0.2, -0.15) is 0 Å². The number of rotatable bonds is 3. The molecule has 1 aromatic heterocycles. The van der Waals surface area contributed by atoms with Crippen molar-refractivity contribution in [3.63, 3.8) is 0 Å². The Kier molecular flexibility index (Phi) is 8.90. The zero-order chi connectivity index (χ0) is 12.2. The van der Waals surface area contributed by atoms with Crippen molar-refractivity contribution in [3.05, 3.63) is 60.5 Å². The Morgan fingerprint density at radius 3 is 2.38 bits per heavy atom. The predicted molar refractivity (Wildman–Crippen MR) is 73.2 cm³/mol. The highest BCUT2D eigenvalue weighted by molar-refractivity contribution is 5.71. The van der Waals surface area contributed by atoms with E-state index in [4.69, 9.17) is 0 Å². The van der Waals surface area contributed by atoms with Crippen LogP contribution in [0.2, 0.25) is 0 Å². The first-order valence-electron chi connectivity index (χ1n) is 5.75. The van der Waals surface area contributed by atoms with E-state index in [1.54, 1.807) is 0 Å². The molecule has 0 aliphatic rings. The fourth-order valence-corrected chi connectivity index (χ4v) is 1.13. The molecule has 0 aliphatic heterocycles. The van der Waals surface area contributed by atoms with E-state index in [9.17, 15) is 0 Å². The second kappa shape index (κ2) is 9.91. The molecule has 0 aromatic carbocycles. The molecule has 1 heterocycles. The van der Waals surface area contributed by atoms with E-state index in [0.717, 1.165) is 11.3 Å². The van der Waals surface area contributed by atoms with Crippen LogP contribution in [0.3, 0.4) is 0 Å². The third-order valence-electron chi connectivity index (χ3n) is 1.85. The summed E-state index contributed by atoms with van der Waals surface area (Å²) < 4.78 is 0. The second-order valence-corrected chi connectivity index (χ2v) is 2.84. The van der Waals surface area contributed by atoms with Crippen molar-refractivity contribution in [2.24, 2.45) is 0 Å². The van der Waals surface area contributed by atoms with Crippen LogP contribution in [0.1, 0.15) is 33.4 Å². The molecular weight excluding hydrogens is 194 g/mol. The first kappa shape index (κ1) is 14.4. The summed E-state index contributed by atoms with van der Waals surface area (Å²) in [7, 11) is 0. The van der Waals surface area contributed by atoms with Gasteiger partial charge in [0.1, 0.15) is 0 Å². The largest absolute Gasteiger partial charge is 0.256 e. The highest BCUT2D eigenvalue weighted by Gasteiger charge is 1.94. The topological polar surface area (TPSA) is 12.9 Å². The molecule has 0 amide bonds. The van der Waals surface area contributed by atoms with Crippen LogP contribution in [0.4, 0.5) is 0 Å². The van der Waals surface area contributed by atoms with E-state index < -0.39 is 0 Å². The lowest BCUT2D eigenvalue weighted by Gasteiger charge is -1.98. The number of allylic oxidation sites excluding steroid dienone is 6. The van der Waals surface area contributed by atoms with E-state index in [1.807, 2.05) is 70.3 Å². The van der Waals surface area contributed by atoms with E-state index >= 15 is 0 Å². The normalized spacial score (nSPS) is 11.6. The van der Waals surface area contributed by atoms with Gasteiger partial charge >= 0.3 is 0 Å². The van der Waals surface area contributed by atoms with E-state index in [1.165, 1.54) is 0 Å². The quantitative estimate of drug-likeness (QED) is 0.669. The van der Waals surface area contributed by atoms with Crippen LogP contribution in [0.15, 0.2) is 54.8 Å². The summed E-state index contributed by atoms with van der Waals surface area (Å²) in [5.41, 5.74) is 2.15. The maximum Gasteiger partial charge on any atom is 0.0698 e. The average Bonchev–Trinajstić information content (AvgIpc) is 2.38. The van der Waals surface area contributed by atoms with E-state index in [-0.39, 0.29) is 0 Å². The fourth-order valence-electron chi connectivity index (χ4n) is 1.13. The molecular formula is C15H21N. The van der Waals surface area contributed by atoms with Crippen LogP contribution < -0.4 is 0 Å². The van der Waals surface area contributed by atoms with Crippen molar-refractivity contribution in [3.8, 4) is 0 Å². The minimum Gasteiger partial charge on any atom is -0.256 e. The van der Waals surface area contributed by atoms with Gasteiger partial charge in [-0.25, -0.2) is 0 Å². The lowest BCUT2D eigenvalue weighted by molar-refractivity contribution is 1.28. The maximum absolute atomic E-state index is 4.29. The summed E-state index contributed by atoms with van der Waals surface area (Å²) >= 11 is 0. The van der Waals surface area contributed by atoms with Gasteiger partial charge in [-0.3, -0.25) is 4.98 Å². The number of aromatic nitrogens is 1. The van der Waals surface area contributed by atoms with Crippen molar-refractivity contribution in [2.75, 3.05) is 0 Å². The summed E-state index contributed by atoms with van der Waals surface area (Å²) in [6.45, 7) is 8.02. The zero-order valence-corrected chi connectivity index (χ0v) is 10.6. The molecule has 0 aliphatic carbocycles. The lowest BCUT2D eigenvalue weighted by Crippen LogP contribution is -1.83. The van der Waals surface area contributed by atoms with Gasteiger partial charge in [-0.1, -0.05) is 50.3 Å². The molecule has 0 saturated carbocycles. The van der Waals surface area contributed by atoms with Gasteiger partial charge in [-0.15, -0.1) is 0 Å². The van der Waals surface area contributed by atoms with E-state index in [2.05, 4.69) is 17.1 Å². The van der Waals surface area contributed by atoms with Crippen molar-refractivity contribution in [1.29, 1.82) is 0 Å². The van der Waals surface area contributed by atoms with Crippen LogP contribution in [0.5, 0.6) is 0 Å². The van der Waals surface area contributed by atoms with Gasteiger partial charge in [0.05, 0.1) is 5.69 Å². The molecule has 1 aromatic rings. The monoisotopic (exact) mass is 215 g/mol. The highest BCUT2D eigenvalue weighted by Crippen LogP contribution is 2.12. The van der Waals surface area contributed by atoms with Gasteiger partial charge in [-0.05, 0) is 31.6 Å². The number of pyridine rings is 1. The Morgan fingerprint density at radius 1 is 1.12 bits per heavy atom. The second-order valence-electron chi connectivity index (χ2n) is 2.84. The minimum absolute atomic E-state index is 1.01. The zero-order valence-electron chi connectivity index (χ0n) is 10.6. The summed E-state index contributed by atoms with van der Waals surface area (Å²) in [5.74, 6) is 0. The molecule has 0 unspecified atom stereocenters. The van der Waals surface area contributed by atoms with E-state index in [0.29, 0.717) is 0 Å². The molecule has 1 rings (SSSR count). The van der Waals surface area contributed by atoms with Crippen molar-refractivity contribution >= 4 is 5.57 Å². The van der Waals surface area contributed by atoms with Crippen LogP contribution in [0.25, 0.3) is 5.57 Å². The lowest BCUT2D eigenvalue weighted by atomic mass is 10.1. The summed E-state index contributed by atoms with van der Waals surface area (Å²) in [5, 5.41) is 0.